The molecule has 1 aromatic carbocycles. The smallest absolute Gasteiger partial charge is 0.126 e. The molecule has 0 unspecified atom stereocenters. The molecule has 0 aliphatic heterocycles. The largest absolute Gasteiger partial charge is 0.496 e. The summed E-state index contributed by atoms with van der Waals surface area (Å²) in [6.07, 6.45) is 6.50. The van der Waals surface area contributed by atoms with Crippen LogP contribution in [-0.4, -0.2) is 7.11 Å². The zero-order valence-corrected chi connectivity index (χ0v) is 7.51. The maximum absolute atomic E-state index is 12.7. The molecule has 0 fully saturated rings. The lowest BCUT2D eigenvalue weighted by molar-refractivity contribution is 0.406. The first kappa shape index (κ1) is 9.60. The Labute approximate surface area is 77.5 Å². The number of halogens is 1. The number of methoxy groups -OCH3 is 1. The van der Waals surface area contributed by atoms with Crippen molar-refractivity contribution in [2.24, 2.45) is 0 Å². The number of hydrogen-bond donors (Lipinski definition) is 0. The lowest BCUT2D eigenvalue weighted by atomic mass is 10.1. The van der Waals surface area contributed by atoms with Gasteiger partial charge in [0.1, 0.15) is 11.6 Å². The molecule has 2 heteroatoms. The fourth-order valence-electron chi connectivity index (χ4n) is 1.13. The first-order valence-electron chi connectivity index (χ1n) is 4.04. The van der Waals surface area contributed by atoms with Crippen LogP contribution in [0.2, 0.25) is 0 Å². The Kier molecular flexibility index (Phi) is 3.33. The van der Waals surface area contributed by atoms with E-state index in [1.165, 1.54) is 19.2 Å². The van der Waals surface area contributed by atoms with E-state index in [1.54, 1.807) is 6.07 Å². The average Bonchev–Trinajstić information content (AvgIpc) is 2.16. The molecule has 0 atom stereocenters. The second-order valence-electron chi connectivity index (χ2n) is 2.66. The molecule has 1 rings (SSSR count). The van der Waals surface area contributed by atoms with Crippen molar-refractivity contribution in [3.8, 4) is 18.1 Å². The van der Waals surface area contributed by atoms with Gasteiger partial charge in [-0.15, -0.1) is 12.3 Å². The molecule has 0 aliphatic rings. The first-order chi connectivity index (χ1) is 6.27. The van der Waals surface area contributed by atoms with Crippen molar-refractivity contribution in [3.05, 3.63) is 29.6 Å². The van der Waals surface area contributed by atoms with Gasteiger partial charge in [-0.05, 0) is 18.1 Å². The molecule has 0 amide bonds. The number of terminal acetylenes is 1. The predicted octanol–water partition coefficient (Wildman–Crippen LogP) is 2.40. The zero-order chi connectivity index (χ0) is 9.68. The van der Waals surface area contributed by atoms with Gasteiger partial charge in [0.25, 0.3) is 0 Å². The van der Waals surface area contributed by atoms with Gasteiger partial charge in [0.2, 0.25) is 0 Å². The monoisotopic (exact) mass is 178 g/mol. The van der Waals surface area contributed by atoms with Crippen LogP contribution in [0.15, 0.2) is 18.2 Å². The van der Waals surface area contributed by atoms with E-state index in [4.69, 9.17) is 11.2 Å². The van der Waals surface area contributed by atoms with Crippen LogP contribution in [0.3, 0.4) is 0 Å². The highest BCUT2D eigenvalue weighted by molar-refractivity contribution is 5.34. The molecule has 0 spiro atoms. The molecule has 0 heterocycles. The predicted molar refractivity (Wildman–Crippen MR) is 50.1 cm³/mol. The summed E-state index contributed by atoms with van der Waals surface area (Å²) in [6.45, 7) is 0. The number of aryl methyl sites for hydroxylation is 1. The number of benzene rings is 1. The third-order valence-electron chi connectivity index (χ3n) is 1.79. The van der Waals surface area contributed by atoms with E-state index < -0.39 is 0 Å². The summed E-state index contributed by atoms with van der Waals surface area (Å²) >= 11 is 0. The summed E-state index contributed by atoms with van der Waals surface area (Å²) in [7, 11) is 1.52. The van der Waals surface area contributed by atoms with Crippen molar-refractivity contribution in [1.29, 1.82) is 0 Å². The molecule has 0 N–H and O–H groups in total. The van der Waals surface area contributed by atoms with Crippen LogP contribution < -0.4 is 4.74 Å². The maximum atomic E-state index is 12.7. The number of rotatable bonds is 3. The normalized spacial score (nSPS) is 9.31. The standard InChI is InChI=1S/C11H11FO/c1-3-4-5-9-6-7-10(12)8-11(9)13-2/h1,6-8H,4-5H2,2H3. The number of hydrogen-bond acceptors (Lipinski definition) is 1. The van der Waals surface area contributed by atoms with Crippen LogP contribution in [0.1, 0.15) is 12.0 Å². The first-order valence-corrected chi connectivity index (χ1v) is 4.04. The lowest BCUT2D eigenvalue weighted by Gasteiger charge is -2.06. The molecule has 0 saturated heterocycles. The van der Waals surface area contributed by atoms with Crippen molar-refractivity contribution < 1.29 is 9.13 Å². The summed E-state index contributed by atoms with van der Waals surface area (Å²) in [6, 6.07) is 4.48. The van der Waals surface area contributed by atoms with Gasteiger partial charge in [0, 0.05) is 12.5 Å². The highest BCUT2D eigenvalue weighted by Crippen LogP contribution is 2.20. The summed E-state index contributed by atoms with van der Waals surface area (Å²) in [4.78, 5) is 0. The van der Waals surface area contributed by atoms with Gasteiger partial charge >= 0.3 is 0 Å². The lowest BCUT2D eigenvalue weighted by Crippen LogP contribution is -1.92. The molecule has 68 valence electrons. The fraction of sp³-hybridized carbons (Fsp3) is 0.273. The second kappa shape index (κ2) is 4.51. The summed E-state index contributed by atoms with van der Waals surface area (Å²) in [5.41, 5.74) is 0.946. The Morgan fingerprint density at radius 1 is 1.54 bits per heavy atom. The summed E-state index contributed by atoms with van der Waals surface area (Å²) in [5, 5.41) is 0. The van der Waals surface area contributed by atoms with Crippen LogP contribution >= 0.6 is 0 Å². The van der Waals surface area contributed by atoms with E-state index >= 15 is 0 Å². The SMILES string of the molecule is C#CCCc1ccc(F)cc1OC. The molecule has 0 saturated carbocycles. The Morgan fingerprint density at radius 2 is 2.31 bits per heavy atom. The van der Waals surface area contributed by atoms with Gasteiger partial charge < -0.3 is 4.74 Å². The van der Waals surface area contributed by atoms with E-state index in [-0.39, 0.29) is 5.82 Å². The minimum Gasteiger partial charge on any atom is -0.496 e. The van der Waals surface area contributed by atoms with Crippen molar-refractivity contribution in [3.63, 3.8) is 0 Å². The third-order valence-corrected chi connectivity index (χ3v) is 1.79. The van der Waals surface area contributed by atoms with E-state index in [2.05, 4.69) is 5.92 Å². The topological polar surface area (TPSA) is 9.23 Å². The van der Waals surface area contributed by atoms with E-state index in [0.29, 0.717) is 12.2 Å². The van der Waals surface area contributed by atoms with Crippen LogP contribution in [0.4, 0.5) is 4.39 Å². The Bertz CT molecular complexity index is 325. The van der Waals surface area contributed by atoms with Gasteiger partial charge in [-0.2, -0.15) is 0 Å². The molecule has 13 heavy (non-hydrogen) atoms. The maximum Gasteiger partial charge on any atom is 0.126 e. The van der Waals surface area contributed by atoms with E-state index in [9.17, 15) is 4.39 Å². The fourth-order valence-corrected chi connectivity index (χ4v) is 1.13. The van der Waals surface area contributed by atoms with Crippen LogP contribution in [-0.2, 0) is 6.42 Å². The second-order valence-corrected chi connectivity index (χ2v) is 2.66. The van der Waals surface area contributed by atoms with Crippen LogP contribution in [0.25, 0.3) is 0 Å². The minimum atomic E-state index is -0.290. The van der Waals surface area contributed by atoms with Gasteiger partial charge in [0.15, 0.2) is 0 Å². The molecular formula is C11H11FO. The van der Waals surface area contributed by atoms with Crippen molar-refractivity contribution in [2.75, 3.05) is 7.11 Å². The van der Waals surface area contributed by atoms with Gasteiger partial charge in [-0.1, -0.05) is 6.07 Å². The highest BCUT2D eigenvalue weighted by Gasteiger charge is 2.02. The van der Waals surface area contributed by atoms with Crippen LogP contribution in [0, 0.1) is 18.2 Å². The van der Waals surface area contributed by atoms with E-state index in [0.717, 1.165) is 12.0 Å². The Morgan fingerprint density at radius 3 is 2.92 bits per heavy atom. The van der Waals surface area contributed by atoms with Crippen molar-refractivity contribution >= 4 is 0 Å². The molecule has 0 aliphatic carbocycles. The quantitative estimate of drug-likeness (QED) is 0.646. The molecule has 1 nitrogen and oxygen atoms in total. The molecular weight excluding hydrogens is 167 g/mol. The third kappa shape index (κ3) is 2.48. The number of ether oxygens (including phenoxy) is 1. The van der Waals surface area contributed by atoms with Crippen molar-refractivity contribution in [2.45, 2.75) is 12.8 Å². The van der Waals surface area contributed by atoms with Gasteiger partial charge in [-0.25, -0.2) is 4.39 Å². The average molecular weight is 178 g/mol. The van der Waals surface area contributed by atoms with Crippen LogP contribution in [0.5, 0.6) is 5.75 Å². The van der Waals surface area contributed by atoms with Gasteiger partial charge in [-0.3, -0.25) is 0 Å². The van der Waals surface area contributed by atoms with E-state index in [1.807, 2.05) is 0 Å². The highest BCUT2D eigenvalue weighted by atomic mass is 19.1. The Balaban J connectivity index is 2.87. The molecule has 0 radical (unpaired) electrons. The minimum absolute atomic E-state index is 0.290. The molecule has 0 aromatic heterocycles. The molecule has 1 aromatic rings. The zero-order valence-electron chi connectivity index (χ0n) is 7.51. The summed E-state index contributed by atoms with van der Waals surface area (Å²) in [5.74, 6) is 2.81. The van der Waals surface area contributed by atoms with Crippen molar-refractivity contribution in [1.82, 2.24) is 0 Å². The Hall–Kier alpha value is -1.49. The molecule has 0 bridgehead atoms. The summed E-state index contributed by atoms with van der Waals surface area (Å²) < 4.78 is 17.8. The van der Waals surface area contributed by atoms with Gasteiger partial charge in [0.05, 0.1) is 7.11 Å².